The summed E-state index contributed by atoms with van der Waals surface area (Å²) in [6.07, 6.45) is 2.46. The molecule has 0 atom stereocenters. The number of hydrogen-bond donors (Lipinski definition) is 2. The molecule has 0 fully saturated rings. The lowest BCUT2D eigenvalue weighted by molar-refractivity contribution is -0.121. The third-order valence-corrected chi connectivity index (χ3v) is 3.07. The number of nitrogens with one attached hydrogen (secondary N) is 2. The van der Waals surface area contributed by atoms with Gasteiger partial charge in [0.2, 0.25) is 5.91 Å². The summed E-state index contributed by atoms with van der Waals surface area (Å²) in [4.78, 5) is 23.1. The number of benzene rings is 1. The van der Waals surface area contributed by atoms with E-state index >= 15 is 0 Å². The van der Waals surface area contributed by atoms with Crippen molar-refractivity contribution in [3.8, 4) is 0 Å². The predicted molar refractivity (Wildman–Crippen MR) is 79.0 cm³/mol. The first kappa shape index (κ1) is 15.7. The van der Waals surface area contributed by atoms with Crippen LogP contribution < -0.4 is 10.6 Å². The predicted octanol–water partition coefficient (Wildman–Crippen LogP) is 2.49. The van der Waals surface area contributed by atoms with Crippen molar-refractivity contribution >= 4 is 27.7 Å². The van der Waals surface area contributed by atoms with Gasteiger partial charge >= 0.3 is 0 Å². The molecule has 0 bridgehead atoms. The minimum atomic E-state index is -0.135. The molecule has 0 aromatic heterocycles. The highest BCUT2D eigenvalue weighted by molar-refractivity contribution is 9.10. The van der Waals surface area contributed by atoms with Crippen LogP contribution in [0.3, 0.4) is 0 Å². The minimum Gasteiger partial charge on any atom is -0.354 e. The SMILES string of the molecule is CCCCC(=O)NCCNC(=O)c1cccc(Br)c1. The molecular weight excluding hydrogens is 308 g/mol. The largest absolute Gasteiger partial charge is 0.354 e. The molecule has 1 aromatic carbocycles. The Kier molecular flexibility index (Phi) is 7.18. The van der Waals surface area contributed by atoms with Crippen molar-refractivity contribution < 1.29 is 9.59 Å². The fourth-order valence-electron chi connectivity index (χ4n) is 1.54. The van der Waals surface area contributed by atoms with E-state index < -0.39 is 0 Å². The van der Waals surface area contributed by atoms with Crippen molar-refractivity contribution in [3.05, 3.63) is 34.3 Å². The normalized spacial score (nSPS) is 10.0. The minimum absolute atomic E-state index is 0.0403. The van der Waals surface area contributed by atoms with Gasteiger partial charge in [-0.25, -0.2) is 0 Å². The van der Waals surface area contributed by atoms with Gasteiger partial charge in [0, 0.05) is 29.5 Å². The lowest BCUT2D eigenvalue weighted by Gasteiger charge is -2.07. The van der Waals surface area contributed by atoms with Crippen molar-refractivity contribution in [2.75, 3.05) is 13.1 Å². The van der Waals surface area contributed by atoms with Gasteiger partial charge in [0.05, 0.1) is 0 Å². The zero-order valence-corrected chi connectivity index (χ0v) is 12.6. The summed E-state index contributed by atoms with van der Waals surface area (Å²) in [6, 6.07) is 7.19. The zero-order chi connectivity index (χ0) is 14.1. The van der Waals surface area contributed by atoms with Gasteiger partial charge in [-0.3, -0.25) is 9.59 Å². The summed E-state index contributed by atoms with van der Waals surface area (Å²) < 4.78 is 0.869. The van der Waals surface area contributed by atoms with E-state index in [1.807, 2.05) is 19.1 Å². The second-order valence-electron chi connectivity index (χ2n) is 4.22. The Bertz CT molecular complexity index is 435. The Morgan fingerprint density at radius 3 is 2.63 bits per heavy atom. The van der Waals surface area contributed by atoms with Crippen LogP contribution in [0.4, 0.5) is 0 Å². The lowest BCUT2D eigenvalue weighted by atomic mass is 10.2. The van der Waals surface area contributed by atoms with Crippen LogP contribution in [-0.2, 0) is 4.79 Å². The number of rotatable bonds is 7. The fraction of sp³-hybridized carbons (Fsp3) is 0.429. The lowest BCUT2D eigenvalue weighted by Crippen LogP contribution is -2.34. The molecule has 0 aliphatic rings. The number of carbonyl (C=O) groups is 2. The van der Waals surface area contributed by atoms with Crippen LogP contribution in [0.5, 0.6) is 0 Å². The van der Waals surface area contributed by atoms with E-state index in [0.717, 1.165) is 17.3 Å². The van der Waals surface area contributed by atoms with E-state index in [0.29, 0.717) is 25.1 Å². The van der Waals surface area contributed by atoms with Gasteiger partial charge in [0.15, 0.2) is 0 Å². The van der Waals surface area contributed by atoms with Gasteiger partial charge in [-0.1, -0.05) is 35.3 Å². The van der Waals surface area contributed by atoms with Gasteiger partial charge < -0.3 is 10.6 Å². The van der Waals surface area contributed by atoms with Crippen LogP contribution in [-0.4, -0.2) is 24.9 Å². The average Bonchev–Trinajstić information content (AvgIpc) is 2.41. The van der Waals surface area contributed by atoms with E-state index in [9.17, 15) is 9.59 Å². The molecule has 0 heterocycles. The Balaban J connectivity index is 2.22. The monoisotopic (exact) mass is 326 g/mol. The molecule has 0 saturated carbocycles. The highest BCUT2D eigenvalue weighted by Crippen LogP contribution is 2.11. The third-order valence-electron chi connectivity index (χ3n) is 2.58. The molecule has 19 heavy (non-hydrogen) atoms. The van der Waals surface area contributed by atoms with Crippen molar-refractivity contribution in [1.29, 1.82) is 0 Å². The van der Waals surface area contributed by atoms with Gasteiger partial charge in [-0.05, 0) is 24.6 Å². The number of hydrogen-bond acceptors (Lipinski definition) is 2. The van der Waals surface area contributed by atoms with E-state index in [2.05, 4.69) is 26.6 Å². The molecule has 2 amide bonds. The Morgan fingerprint density at radius 2 is 1.95 bits per heavy atom. The second-order valence-corrected chi connectivity index (χ2v) is 5.14. The summed E-state index contributed by atoms with van der Waals surface area (Å²) in [5, 5.41) is 5.54. The van der Waals surface area contributed by atoms with E-state index in [1.54, 1.807) is 12.1 Å². The number of amides is 2. The molecular formula is C14H19BrN2O2. The van der Waals surface area contributed by atoms with Crippen molar-refractivity contribution in [2.24, 2.45) is 0 Å². The number of halogens is 1. The highest BCUT2D eigenvalue weighted by Gasteiger charge is 2.05. The maximum absolute atomic E-state index is 11.8. The molecule has 1 rings (SSSR count). The van der Waals surface area contributed by atoms with E-state index in [-0.39, 0.29) is 11.8 Å². The van der Waals surface area contributed by atoms with Gasteiger partial charge in [0.1, 0.15) is 0 Å². The first-order valence-corrected chi connectivity index (χ1v) is 7.23. The summed E-state index contributed by atoms with van der Waals surface area (Å²) in [5.74, 6) is -0.0948. The standard InChI is InChI=1S/C14H19BrN2O2/c1-2-3-7-13(18)16-8-9-17-14(19)11-5-4-6-12(15)10-11/h4-6,10H,2-3,7-9H2,1H3,(H,16,18)(H,17,19). The maximum atomic E-state index is 11.8. The molecule has 5 heteroatoms. The Hall–Kier alpha value is -1.36. The first-order chi connectivity index (χ1) is 9.13. The highest BCUT2D eigenvalue weighted by atomic mass is 79.9. The van der Waals surface area contributed by atoms with Gasteiger partial charge in [-0.2, -0.15) is 0 Å². The average molecular weight is 327 g/mol. The molecule has 0 aliphatic carbocycles. The van der Waals surface area contributed by atoms with Gasteiger partial charge in [-0.15, -0.1) is 0 Å². The second kappa shape index (κ2) is 8.69. The molecule has 0 saturated heterocycles. The van der Waals surface area contributed by atoms with Crippen LogP contribution in [0.1, 0.15) is 36.5 Å². The molecule has 2 N–H and O–H groups in total. The molecule has 0 aliphatic heterocycles. The maximum Gasteiger partial charge on any atom is 0.251 e. The van der Waals surface area contributed by atoms with Crippen molar-refractivity contribution in [1.82, 2.24) is 10.6 Å². The quantitative estimate of drug-likeness (QED) is 0.756. The summed E-state index contributed by atoms with van der Waals surface area (Å²) in [7, 11) is 0. The van der Waals surface area contributed by atoms with Gasteiger partial charge in [0.25, 0.3) is 5.91 Å². The molecule has 4 nitrogen and oxygen atoms in total. The molecule has 0 radical (unpaired) electrons. The molecule has 0 unspecified atom stereocenters. The molecule has 1 aromatic rings. The van der Waals surface area contributed by atoms with Crippen LogP contribution in [0.25, 0.3) is 0 Å². The van der Waals surface area contributed by atoms with E-state index in [4.69, 9.17) is 0 Å². The molecule has 0 spiro atoms. The summed E-state index contributed by atoms with van der Waals surface area (Å²) in [5.41, 5.74) is 0.603. The van der Waals surface area contributed by atoms with Crippen LogP contribution in [0.2, 0.25) is 0 Å². The smallest absolute Gasteiger partial charge is 0.251 e. The Labute approximate surface area is 122 Å². The van der Waals surface area contributed by atoms with Crippen LogP contribution in [0.15, 0.2) is 28.7 Å². The summed E-state index contributed by atoms with van der Waals surface area (Å²) in [6.45, 7) is 2.94. The Morgan fingerprint density at radius 1 is 1.21 bits per heavy atom. The first-order valence-electron chi connectivity index (χ1n) is 6.44. The van der Waals surface area contributed by atoms with E-state index in [1.165, 1.54) is 0 Å². The zero-order valence-electron chi connectivity index (χ0n) is 11.0. The van der Waals surface area contributed by atoms with Crippen LogP contribution >= 0.6 is 15.9 Å². The number of carbonyl (C=O) groups excluding carboxylic acids is 2. The third kappa shape index (κ3) is 6.38. The van der Waals surface area contributed by atoms with Crippen molar-refractivity contribution in [3.63, 3.8) is 0 Å². The van der Waals surface area contributed by atoms with Crippen LogP contribution in [0, 0.1) is 0 Å². The topological polar surface area (TPSA) is 58.2 Å². The fourth-order valence-corrected chi connectivity index (χ4v) is 1.93. The summed E-state index contributed by atoms with van der Waals surface area (Å²) >= 11 is 3.32. The molecule has 104 valence electrons. The number of unbranched alkanes of at least 4 members (excludes halogenated alkanes) is 1. The van der Waals surface area contributed by atoms with Crippen molar-refractivity contribution in [2.45, 2.75) is 26.2 Å².